The fraction of sp³-hybridized carbons (Fsp3) is 0.143. The molecule has 0 fully saturated rings. The zero-order valence-corrected chi connectivity index (χ0v) is 17.6. The van der Waals surface area contributed by atoms with E-state index < -0.39 is 23.7 Å². The molecule has 0 radical (unpaired) electrons. The number of hydrogen-bond donors (Lipinski definition) is 1. The first-order chi connectivity index (χ1) is 16.5. The number of ether oxygens (including phenoxy) is 1. The summed E-state index contributed by atoms with van der Waals surface area (Å²) in [4.78, 5) is 23.3. The zero-order chi connectivity index (χ0) is 25.2. The molecule has 0 amide bonds. The van der Waals surface area contributed by atoms with Gasteiger partial charge in [0.1, 0.15) is 22.8 Å². The fourth-order valence-corrected chi connectivity index (χ4v) is 2.90. The molecule has 4 heterocycles. The Morgan fingerprint density at radius 3 is 2.26 bits per heavy atom. The summed E-state index contributed by atoms with van der Waals surface area (Å²) < 4.78 is 83.9. The maximum atomic E-state index is 13.2. The van der Waals surface area contributed by atoms with Crippen molar-refractivity contribution in [2.45, 2.75) is 12.4 Å². The highest BCUT2D eigenvalue weighted by molar-refractivity contribution is 5.67. The topological polar surface area (TPSA) is 98.6 Å². The van der Waals surface area contributed by atoms with E-state index in [2.05, 4.69) is 35.2 Å². The third kappa shape index (κ3) is 5.42. The normalized spacial score (nSPS) is 11.9. The molecule has 4 rings (SSSR count). The second-order valence-corrected chi connectivity index (χ2v) is 6.84. The van der Waals surface area contributed by atoms with E-state index in [4.69, 9.17) is 4.74 Å². The molecule has 0 atom stereocenters. The van der Waals surface area contributed by atoms with Gasteiger partial charge in [0.2, 0.25) is 5.95 Å². The number of halogens is 6. The van der Waals surface area contributed by atoms with E-state index in [0.29, 0.717) is 5.75 Å². The number of hydrogen-bond acceptors (Lipinski definition) is 8. The van der Waals surface area contributed by atoms with Gasteiger partial charge in [-0.2, -0.15) is 36.3 Å². The quantitative estimate of drug-likeness (QED) is 0.380. The van der Waals surface area contributed by atoms with Gasteiger partial charge >= 0.3 is 12.4 Å². The largest absolute Gasteiger partial charge is 0.496 e. The summed E-state index contributed by atoms with van der Waals surface area (Å²) in [6.07, 6.45) is -5.68. The molecule has 0 saturated heterocycles. The monoisotopic (exact) mass is 493 g/mol. The molecule has 1 N–H and O–H groups in total. The van der Waals surface area contributed by atoms with Crippen LogP contribution < -0.4 is 10.1 Å². The standard InChI is InChI=1S/C21H13F6N7O/c1-35-14-6-7-28-10-12(14)17-32-18(13-3-2-4-15(31-13)20(22,23)24)34-19(33-17)30-11-5-8-29-16(9-11)21(25,26)27/h2-10H,1H3,(H,29,30,32,33,34). The van der Waals surface area contributed by atoms with E-state index in [1.165, 1.54) is 37.7 Å². The summed E-state index contributed by atoms with van der Waals surface area (Å²) >= 11 is 0. The van der Waals surface area contributed by atoms with Gasteiger partial charge < -0.3 is 10.1 Å². The minimum Gasteiger partial charge on any atom is -0.496 e. The van der Waals surface area contributed by atoms with Gasteiger partial charge in [-0.15, -0.1) is 0 Å². The van der Waals surface area contributed by atoms with Crippen LogP contribution in [0.1, 0.15) is 11.4 Å². The minimum atomic E-state index is -4.72. The van der Waals surface area contributed by atoms with Gasteiger partial charge in [0, 0.05) is 24.3 Å². The van der Waals surface area contributed by atoms with Crippen LogP contribution in [0.2, 0.25) is 0 Å². The number of rotatable bonds is 5. The summed E-state index contributed by atoms with van der Waals surface area (Å²) in [5.41, 5.74) is -2.37. The lowest BCUT2D eigenvalue weighted by Gasteiger charge is -2.12. The van der Waals surface area contributed by atoms with Gasteiger partial charge in [-0.05, 0) is 30.3 Å². The van der Waals surface area contributed by atoms with Crippen LogP contribution in [0.5, 0.6) is 5.75 Å². The molecule has 0 saturated carbocycles. The van der Waals surface area contributed by atoms with Crippen molar-refractivity contribution in [1.82, 2.24) is 29.9 Å². The van der Waals surface area contributed by atoms with Crippen LogP contribution in [0.25, 0.3) is 22.9 Å². The molecule has 35 heavy (non-hydrogen) atoms. The molecule has 4 aromatic rings. The Labute approximate surface area is 193 Å². The zero-order valence-electron chi connectivity index (χ0n) is 17.6. The fourth-order valence-electron chi connectivity index (χ4n) is 2.90. The Kier molecular flexibility index (Phi) is 6.20. The average molecular weight is 493 g/mol. The molecule has 0 aliphatic carbocycles. The summed E-state index contributed by atoms with van der Waals surface area (Å²) in [7, 11) is 1.38. The minimum absolute atomic E-state index is 0.0632. The second kappa shape index (κ2) is 9.12. The highest BCUT2D eigenvalue weighted by atomic mass is 19.4. The lowest BCUT2D eigenvalue weighted by Crippen LogP contribution is -2.10. The molecular weight excluding hydrogens is 480 g/mol. The molecule has 0 bridgehead atoms. The van der Waals surface area contributed by atoms with Gasteiger partial charge in [0.15, 0.2) is 11.6 Å². The summed E-state index contributed by atoms with van der Waals surface area (Å²) in [5, 5.41) is 2.61. The van der Waals surface area contributed by atoms with E-state index >= 15 is 0 Å². The molecule has 0 spiro atoms. The molecule has 0 aliphatic rings. The van der Waals surface area contributed by atoms with Crippen LogP contribution in [0.15, 0.2) is 55.0 Å². The number of aromatic nitrogens is 6. The second-order valence-electron chi connectivity index (χ2n) is 6.84. The van der Waals surface area contributed by atoms with Crippen LogP contribution in [0.3, 0.4) is 0 Å². The number of nitrogens with zero attached hydrogens (tertiary/aromatic N) is 6. The summed E-state index contributed by atoms with van der Waals surface area (Å²) in [6, 6.07) is 6.65. The third-order valence-electron chi connectivity index (χ3n) is 4.45. The first kappa shape index (κ1) is 23.8. The van der Waals surface area contributed by atoms with Crippen molar-refractivity contribution in [1.29, 1.82) is 0 Å². The van der Waals surface area contributed by atoms with Crippen molar-refractivity contribution in [2.75, 3.05) is 12.4 Å². The van der Waals surface area contributed by atoms with Crippen molar-refractivity contribution in [3.05, 3.63) is 66.4 Å². The molecule has 4 aromatic heterocycles. The number of nitrogens with one attached hydrogen (secondary N) is 1. The van der Waals surface area contributed by atoms with Crippen molar-refractivity contribution >= 4 is 11.6 Å². The molecular formula is C21H13F6N7O. The Morgan fingerprint density at radius 1 is 0.800 bits per heavy atom. The summed E-state index contributed by atoms with van der Waals surface area (Å²) in [5.74, 6) is -0.288. The van der Waals surface area contributed by atoms with E-state index in [-0.39, 0.29) is 34.5 Å². The van der Waals surface area contributed by atoms with Gasteiger partial charge in [0.25, 0.3) is 0 Å². The predicted molar refractivity (Wildman–Crippen MR) is 110 cm³/mol. The Hall–Kier alpha value is -4.36. The Balaban J connectivity index is 1.85. The van der Waals surface area contributed by atoms with Crippen LogP contribution in [-0.4, -0.2) is 37.0 Å². The number of pyridine rings is 3. The van der Waals surface area contributed by atoms with Gasteiger partial charge in [0.05, 0.1) is 12.7 Å². The lowest BCUT2D eigenvalue weighted by molar-refractivity contribution is -0.141. The van der Waals surface area contributed by atoms with Gasteiger partial charge in [-0.3, -0.25) is 9.97 Å². The molecule has 14 heteroatoms. The smallest absolute Gasteiger partial charge is 0.433 e. The van der Waals surface area contributed by atoms with Crippen molar-refractivity contribution in [2.24, 2.45) is 0 Å². The van der Waals surface area contributed by atoms with Crippen LogP contribution in [0.4, 0.5) is 38.0 Å². The number of alkyl halides is 6. The van der Waals surface area contributed by atoms with E-state index in [1.54, 1.807) is 0 Å². The third-order valence-corrected chi connectivity index (χ3v) is 4.45. The number of methoxy groups -OCH3 is 1. The molecule has 8 nitrogen and oxygen atoms in total. The van der Waals surface area contributed by atoms with Crippen molar-refractivity contribution in [3.63, 3.8) is 0 Å². The van der Waals surface area contributed by atoms with Crippen LogP contribution in [0, 0.1) is 0 Å². The van der Waals surface area contributed by atoms with E-state index in [0.717, 1.165) is 24.4 Å². The highest BCUT2D eigenvalue weighted by Gasteiger charge is 2.33. The molecule has 180 valence electrons. The molecule has 0 aromatic carbocycles. The Morgan fingerprint density at radius 2 is 1.54 bits per heavy atom. The number of anilines is 2. The van der Waals surface area contributed by atoms with Crippen LogP contribution >= 0.6 is 0 Å². The summed E-state index contributed by atoms with van der Waals surface area (Å²) in [6.45, 7) is 0. The lowest BCUT2D eigenvalue weighted by atomic mass is 10.2. The van der Waals surface area contributed by atoms with Crippen molar-refractivity contribution < 1.29 is 31.1 Å². The SMILES string of the molecule is COc1ccncc1-c1nc(Nc2ccnc(C(F)(F)F)c2)nc(-c2cccc(C(F)(F)F)n2)n1. The van der Waals surface area contributed by atoms with Crippen LogP contribution in [-0.2, 0) is 12.4 Å². The average Bonchev–Trinajstić information content (AvgIpc) is 2.83. The maximum Gasteiger partial charge on any atom is 0.433 e. The molecule has 0 unspecified atom stereocenters. The van der Waals surface area contributed by atoms with E-state index in [1.807, 2.05) is 0 Å². The predicted octanol–water partition coefficient (Wildman–Crippen LogP) is 5.18. The van der Waals surface area contributed by atoms with Crippen molar-refractivity contribution in [3.8, 4) is 28.7 Å². The first-order valence-corrected chi connectivity index (χ1v) is 9.64. The molecule has 0 aliphatic heterocycles. The van der Waals surface area contributed by atoms with E-state index in [9.17, 15) is 26.3 Å². The van der Waals surface area contributed by atoms with Gasteiger partial charge in [-0.25, -0.2) is 9.97 Å². The van der Waals surface area contributed by atoms with Gasteiger partial charge in [-0.1, -0.05) is 6.07 Å². The first-order valence-electron chi connectivity index (χ1n) is 9.64. The maximum absolute atomic E-state index is 13.2. The Bertz CT molecular complexity index is 1360. The highest BCUT2D eigenvalue weighted by Crippen LogP contribution is 2.32.